The van der Waals surface area contributed by atoms with Crippen LogP contribution in [-0.2, 0) is 11.2 Å². The van der Waals surface area contributed by atoms with Crippen LogP contribution in [0.3, 0.4) is 0 Å². The molecule has 1 aromatic rings. The molecule has 1 amide bonds. The zero-order valence-corrected chi connectivity index (χ0v) is 18.6. The van der Waals surface area contributed by atoms with Crippen molar-refractivity contribution < 1.29 is 4.79 Å². The lowest BCUT2D eigenvalue weighted by molar-refractivity contribution is -0.129. The van der Waals surface area contributed by atoms with E-state index in [4.69, 9.17) is 4.99 Å². The van der Waals surface area contributed by atoms with E-state index in [1.54, 1.807) is 11.1 Å². The molecular weight excluding hydrogens is 451 g/mol. The number of rotatable bonds is 5. The second-order valence-electron chi connectivity index (χ2n) is 7.80. The van der Waals surface area contributed by atoms with Gasteiger partial charge in [-0.1, -0.05) is 31.2 Å². The first-order valence-corrected chi connectivity index (χ1v) is 10.1. The molecule has 2 aliphatic carbocycles. The molecule has 0 radical (unpaired) electrons. The van der Waals surface area contributed by atoms with Gasteiger partial charge in [0.15, 0.2) is 5.96 Å². The quantitative estimate of drug-likeness (QED) is 0.386. The monoisotopic (exact) mass is 482 g/mol. The van der Waals surface area contributed by atoms with Gasteiger partial charge in [0.1, 0.15) is 0 Å². The molecule has 1 aliphatic heterocycles. The number of fused-ring (bicyclic) bond motifs is 3. The van der Waals surface area contributed by atoms with E-state index in [0.29, 0.717) is 18.4 Å². The van der Waals surface area contributed by atoms with Gasteiger partial charge in [-0.2, -0.15) is 0 Å². The fourth-order valence-corrected chi connectivity index (χ4v) is 4.77. The normalized spacial score (nSPS) is 28.2. The lowest BCUT2D eigenvalue weighted by atomic mass is 10.0. The van der Waals surface area contributed by atoms with Gasteiger partial charge in [0.25, 0.3) is 0 Å². The number of nitrogens with zero attached hydrogens (tertiary/aromatic N) is 2. The highest BCUT2D eigenvalue weighted by Gasteiger charge is 2.54. The Morgan fingerprint density at radius 3 is 2.89 bits per heavy atom. The van der Waals surface area contributed by atoms with Gasteiger partial charge < -0.3 is 15.5 Å². The molecule has 6 heteroatoms. The maximum absolute atomic E-state index is 11.9. The molecule has 2 fully saturated rings. The van der Waals surface area contributed by atoms with E-state index in [-0.39, 0.29) is 29.9 Å². The summed E-state index contributed by atoms with van der Waals surface area (Å²) < 4.78 is 0. The van der Waals surface area contributed by atoms with Crippen molar-refractivity contribution in [2.24, 2.45) is 16.8 Å². The van der Waals surface area contributed by atoms with E-state index in [1.807, 2.05) is 11.8 Å². The molecule has 1 aromatic carbocycles. The van der Waals surface area contributed by atoms with Crippen LogP contribution in [-0.4, -0.2) is 49.0 Å². The van der Waals surface area contributed by atoms with Gasteiger partial charge in [0, 0.05) is 38.6 Å². The lowest BCUT2D eigenvalue weighted by Gasteiger charge is -2.18. The highest BCUT2D eigenvalue weighted by molar-refractivity contribution is 14.0. The molecule has 148 valence electrons. The van der Waals surface area contributed by atoms with Gasteiger partial charge in [-0.05, 0) is 48.6 Å². The van der Waals surface area contributed by atoms with Crippen LogP contribution in [0, 0.1) is 11.8 Å². The Kier molecular flexibility index (Phi) is 6.65. The fourth-order valence-electron chi connectivity index (χ4n) is 4.77. The summed E-state index contributed by atoms with van der Waals surface area (Å²) in [7, 11) is 0. The molecule has 5 nitrogen and oxygen atoms in total. The van der Waals surface area contributed by atoms with E-state index in [2.05, 4.69) is 41.8 Å². The number of nitrogens with one attached hydrogen (secondary N) is 2. The standard InChI is InChI=1S/C21H30N4O.HI/c1-3-19(26)25-10-9-15(13-25)24-21(22-4-2)23-12-18-17-11-14-7-5-6-8-16(14)20(17)18;/h5-8,15,17-18,20H,3-4,9-13H2,1-2H3,(H2,22,23,24);1H. The van der Waals surface area contributed by atoms with Crippen molar-refractivity contribution in [2.45, 2.75) is 45.1 Å². The van der Waals surface area contributed by atoms with Crippen LogP contribution in [0.5, 0.6) is 0 Å². The van der Waals surface area contributed by atoms with E-state index in [1.165, 1.54) is 6.42 Å². The molecule has 4 rings (SSSR count). The summed E-state index contributed by atoms with van der Waals surface area (Å²) in [6, 6.07) is 9.19. The zero-order valence-electron chi connectivity index (χ0n) is 16.3. The van der Waals surface area contributed by atoms with Crippen molar-refractivity contribution in [2.75, 3.05) is 26.2 Å². The first-order valence-electron chi connectivity index (χ1n) is 10.1. The molecule has 1 saturated heterocycles. The second-order valence-corrected chi connectivity index (χ2v) is 7.80. The van der Waals surface area contributed by atoms with Gasteiger partial charge >= 0.3 is 0 Å². The number of carbonyl (C=O) groups excluding carboxylic acids is 1. The highest BCUT2D eigenvalue weighted by Crippen LogP contribution is 2.61. The smallest absolute Gasteiger partial charge is 0.222 e. The summed E-state index contributed by atoms with van der Waals surface area (Å²) in [6.45, 7) is 7.42. The van der Waals surface area contributed by atoms with E-state index in [0.717, 1.165) is 50.4 Å². The summed E-state index contributed by atoms with van der Waals surface area (Å²) in [4.78, 5) is 18.7. The Balaban J connectivity index is 0.00000210. The van der Waals surface area contributed by atoms with Crippen molar-refractivity contribution in [3.63, 3.8) is 0 Å². The number of guanidine groups is 1. The molecule has 27 heavy (non-hydrogen) atoms. The molecule has 2 N–H and O–H groups in total. The summed E-state index contributed by atoms with van der Waals surface area (Å²) in [5.41, 5.74) is 3.10. The van der Waals surface area contributed by atoms with Gasteiger partial charge in [-0.15, -0.1) is 24.0 Å². The number of aliphatic imine (C=N–C) groups is 1. The molecule has 4 atom stereocenters. The summed E-state index contributed by atoms with van der Waals surface area (Å²) in [6.07, 6.45) is 2.81. The predicted molar refractivity (Wildman–Crippen MR) is 120 cm³/mol. The average molecular weight is 482 g/mol. The Morgan fingerprint density at radius 1 is 1.30 bits per heavy atom. The zero-order chi connectivity index (χ0) is 18.1. The van der Waals surface area contributed by atoms with Gasteiger partial charge in [-0.3, -0.25) is 9.79 Å². The van der Waals surface area contributed by atoms with Gasteiger partial charge in [0.2, 0.25) is 5.91 Å². The maximum Gasteiger partial charge on any atom is 0.222 e. The number of carbonyl (C=O) groups is 1. The molecule has 1 saturated carbocycles. The van der Waals surface area contributed by atoms with Crippen LogP contribution in [0.25, 0.3) is 0 Å². The molecule has 4 unspecified atom stereocenters. The largest absolute Gasteiger partial charge is 0.357 e. The molecule has 3 aliphatic rings. The fraction of sp³-hybridized carbons (Fsp3) is 0.619. The Morgan fingerprint density at radius 2 is 2.11 bits per heavy atom. The third-order valence-electron chi connectivity index (χ3n) is 6.19. The molecular formula is C21H31IN4O. The predicted octanol–water partition coefficient (Wildman–Crippen LogP) is 2.76. The molecule has 1 heterocycles. The average Bonchev–Trinajstić information content (AvgIpc) is 2.99. The first-order chi connectivity index (χ1) is 12.7. The van der Waals surface area contributed by atoms with E-state index in [9.17, 15) is 4.79 Å². The minimum Gasteiger partial charge on any atom is -0.357 e. The highest BCUT2D eigenvalue weighted by atomic mass is 127. The number of amides is 1. The van der Waals surface area contributed by atoms with E-state index < -0.39 is 0 Å². The first kappa shape index (κ1) is 20.4. The van der Waals surface area contributed by atoms with Crippen molar-refractivity contribution in [3.05, 3.63) is 35.4 Å². The summed E-state index contributed by atoms with van der Waals surface area (Å²) in [5.74, 6) is 3.37. The second kappa shape index (κ2) is 8.80. The Hall–Kier alpha value is -1.31. The Labute approximate surface area is 179 Å². The van der Waals surface area contributed by atoms with Crippen molar-refractivity contribution in [1.82, 2.24) is 15.5 Å². The van der Waals surface area contributed by atoms with E-state index >= 15 is 0 Å². The topological polar surface area (TPSA) is 56.7 Å². The van der Waals surface area contributed by atoms with Crippen LogP contribution in [0.1, 0.15) is 43.7 Å². The minimum absolute atomic E-state index is 0. The number of likely N-dealkylation sites (tertiary alicyclic amines) is 1. The summed E-state index contributed by atoms with van der Waals surface area (Å²) >= 11 is 0. The lowest BCUT2D eigenvalue weighted by Crippen LogP contribution is -2.45. The van der Waals surface area contributed by atoms with Crippen molar-refractivity contribution in [1.29, 1.82) is 0 Å². The van der Waals surface area contributed by atoms with Gasteiger partial charge in [0.05, 0.1) is 0 Å². The molecule has 0 bridgehead atoms. The minimum atomic E-state index is 0. The summed E-state index contributed by atoms with van der Waals surface area (Å²) in [5, 5.41) is 6.91. The number of hydrogen-bond acceptors (Lipinski definition) is 2. The van der Waals surface area contributed by atoms with Gasteiger partial charge in [-0.25, -0.2) is 0 Å². The van der Waals surface area contributed by atoms with Crippen molar-refractivity contribution >= 4 is 35.8 Å². The van der Waals surface area contributed by atoms with Crippen LogP contribution in [0.2, 0.25) is 0 Å². The maximum atomic E-state index is 11.9. The third-order valence-corrected chi connectivity index (χ3v) is 6.19. The number of halogens is 1. The van der Waals surface area contributed by atoms with Crippen LogP contribution >= 0.6 is 24.0 Å². The number of hydrogen-bond donors (Lipinski definition) is 2. The van der Waals surface area contributed by atoms with Crippen molar-refractivity contribution in [3.8, 4) is 0 Å². The van der Waals surface area contributed by atoms with Crippen LogP contribution in [0.4, 0.5) is 0 Å². The Bertz CT molecular complexity index is 707. The van der Waals surface area contributed by atoms with Crippen LogP contribution < -0.4 is 10.6 Å². The SMILES string of the molecule is CCNC(=NCC1C2Cc3ccccc3C12)NC1CCN(C(=O)CC)C1.I. The molecule has 0 aromatic heterocycles. The number of benzene rings is 1. The molecule has 0 spiro atoms. The van der Waals surface area contributed by atoms with Crippen LogP contribution in [0.15, 0.2) is 29.3 Å². The third kappa shape index (κ3) is 4.25.